The molecule has 0 aromatic carbocycles. The second kappa shape index (κ2) is 4.93. The number of nitrogens with zero attached hydrogens (tertiary/aromatic N) is 5. The van der Waals surface area contributed by atoms with Gasteiger partial charge in [0.2, 0.25) is 5.89 Å². The standard InChI is InChI=1S/C15H19N5O2/c1-9-11(8-19(2)17-9)15(21)20-7-3-4-12(20)13-16-14(22-18-13)10-5-6-10/h8,10,12H,3-7H2,1-2H3/t12-/m0/s1. The summed E-state index contributed by atoms with van der Waals surface area (Å²) >= 11 is 0. The molecule has 7 nitrogen and oxygen atoms in total. The SMILES string of the molecule is Cc1nn(C)cc1C(=O)N1CCC[C@H]1c1noc(C2CC2)n1. The van der Waals surface area contributed by atoms with Crippen LogP contribution < -0.4 is 0 Å². The Morgan fingerprint density at radius 1 is 1.36 bits per heavy atom. The van der Waals surface area contributed by atoms with Gasteiger partial charge in [0, 0.05) is 25.7 Å². The van der Waals surface area contributed by atoms with Crippen molar-refractivity contribution in [3.8, 4) is 0 Å². The molecule has 0 radical (unpaired) electrons. The number of hydrogen-bond donors (Lipinski definition) is 0. The Morgan fingerprint density at radius 3 is 2.86 bits per heavy atom. The molecule has 116 valence electrons. The van der Waals surface area contributed by atoms with Crippen molar-refractivity contribution in [3.63, 3.8) is 0 Å². The van der Waals surface area contributed by atoms with Crippen LogP contribution in [0, 0.1) is 6.92 Å². The van der Waals surface area contributed by atoms with Gasteiger partial charge in [0.25, 0.3) is 5.91 Å². The van der Waals surface area contributed by atoms with Gasteiger partial charge in [-0.1, -0.05) is 5.16 Å². The van der Waals surface area contributed by atoms with Crippen molar-refractivity contribution in [2.45, 2.75) is 44.6 Å². The second-order valence-corrected chi connectivity index (χ2v) is 6.22. The maximum atomic E-state index is 12.8. The van der Waals surface area contributed by atoms with E-state index in [9.17, 15) is 4.79 Å². The van der Waals surface area contributed by atoms with E-state index >= 15 is 0 Å². The summed E-state index contributed by atoms with van der Waals surface area (Å²) in [6.07, 6.45) is 5.88. The van der Waals surface area contributed by atoms with E-state index < -0.39 is 0 Å². The van der Waals surface area contributed by atoms with Gasteiger partial charge < -0.3 is 9.42 Å². The molecule has 1 saturated carbocycles. The maximum Gasteiger partial charge on any atom is 0.257 e. The predicted molar refractivity (Wildman–Crippen MR) is 77.2 cm³/mol. The first kappa shape index (κ1) is 13.5. The molecule has 0 bridgehead atoms. The summed E-state index contributed by atoms with van der Waals surface area (Å²) < 4.78 is 7.02. The first-order chi connectivity index (χ1) is 10.6. The van der Waals surface area contributed by atoms with Crippen molar-refractivity contribution in [2.24, 2.45) is 7.05 Å². The third-order valence-electron chi connectivity index (χ3n) is 4.44. The van der Waals surface area contributed by atoms with Gasteiger partial charge >= 0.3 is 0 Å². The van der Waals surface area contributed by atoms with Crippen LogP contribution in [0.15, 0.2) is 10.7 Å². The largest absolute Gasteiger partial charge is 0.339 e. The van der Waals surface area contributed by atoms with Crippen LogP contribution in [0.4, 0.5) is 0 Å². The molecule has 2 aromatic rings. The molecule has 4 rings (SSSR count). The molecular weight excluding hydrogens is 282 g/mol. The highest BCUT2D eigenvalue weighted by Gasteiger charge is 2.37. The zero-order valence-electron chi connectivity index (χ0n) is 12.8. The second-order valence-electron chi connectivity index (χ2n) is 6.22. The molecule has 0 N–H and O–H groups in total. The van der Waals surface area contributed by atoms with Crippen molar-refractivity contribution in [1.29, 1.82) is 0 Å². The molecule has 2 fully saturated rings. The summed E-state index contributed by atoms with van der Waals surface area (Å²) in [5.41, 5.74) is 1.41. The van der Waals surface area contributed by atoms with E-state index in [1.807, 2.05) is 18.9 Å². The van der Waals surface area contributed by atoms with E-state index in [1.54, 1.807) is 10.9 Å². The fraction of sp³-hybridized carbons (Fsp3) is 0.600. The Labute approximate surface area is 128 Å². The number of aryl methyl sites for hydroxylation is 2. The van der Waals surface area contributed by atoms with Crippen molar-refractivity contribution in [3.05, 3.63) is 29.2 Å². The summed E-state index contributed by atoms with van der Waals surface area (Å²) in [4.78, 5) is 19.2. The monoisotopic (exact) mass is 301 g/mol. The van der Waals surface area contributed by atoms with Crippen LogP contribution in [-0.4, -0.2) is 37.3 Å². The maximum absolute atomic E-state index is 12.8. The first-order valence-corrected chi connectivity index (χ1v) is 7.78. The van der Waals surface area contributed by atoms with E-state index in [0.29, 0.717) is 17.3 Å². The van der Waals surface area contributed by atoms with Gasteiger partial charge in [-0.05, 0) is 32.6 Å². The predicted octanol–water partition coefficient (Wildman–Crippen LogP) is 1.97. The lowest BCUT2D eigenvalue weighted by molar-refractivity contribution is 0.0727. The smallest absolute Gasteiger partial charge is 0.257 e. The van der Waals surface area contributed by atoms with Crippen LogP contribution in [0.25, 0.3) is 0 Å². The third-order valence-corrected chi connectivity index (χ3v) is 4.44. The lowest BCUT2D eigenvalue weighted by Crippen LogP contribution is -2.31. The van der Waals surface area contributed by atoms with Crippen LogP contribution in [0.3, 0.4) is 0 Å². The topological polar surface area (TPSA) is 77.0 Å². The fourth-order valence-electron chi connectivity index (χ4n) is 3.12. The molecule has 1 saturated heterocycles. The molecule has 1 amide bonds. The Bertz CT molecular complexity index is 715. The zero-order valence-corrected chi connectivity index (χ0v) is 12.8. The molecule has 2 aromatic heterocycles. The number of hydrogen-bond acceptors (Lipinski definition) is 5. The van der Waals surface area contributed by atoms with E-state index in [1.165, 1.54) is 0 Å². The van der Waals surface area contributed by atoms with Crippen molar-refractivity contribution < 1.29 is 9.32 Å². The molecule has 0 spiro atoms. The molecule has 0 unspecified atom stereocenters. The lowest BCUT2D eigenvalue weighted by Gasteiger charge is -2.21. The summed E-state index contributed by atoms with van der Waals surface area (Å²) in [6.45, 7) is 2.59. The zero-order chi connectivity index (χ0) is 15.3. The lowest BCUT2D eigenvalue weighted by atomic mass is 10.2. The average Bonchev–Trinajstić information content (AvgIpc) is 2.92. The van der Waals surface area contributed by atoms with Crippen molar-refractivity contribution in [1.82, 2.24) is 24.8 Å². The van der Waals surface area contributed by atoms with Crippen molar-refractivity contribution >= 4 is 5.91 Å². The number of carbonyl (C=O) groups is 1. The summed E-state index contributed by atoms with van der Waals surface area (Å²) in [7, 11) is 1.83. The minimum Gasteiger partial charge on any atom is -0.339 e. The normalized spacial score (nSPS) is 21.5. The third kappa shape index (κ3) is 2.20. The number of amides is 1. The molecule has 2 aliphatic rings. The van der Waals surface area contributed by atoms with Gasteiger partial charge in [-0.15, -0.1) is 0 Å². The Kier molecular flexibility index (Phi) is 3.02. The van der Waals surface area contributed by atoms with Gasteiger partial charge in [0.1, 0.15) is 0 Å². The van der Waals surface area contributed by atoms with Crippen LogP contribution in [0.1, 0.15) is 65.4 Å². The molecule has 1 aliphatic carbocycles. The Morgan fingerprint density at radius 2 is 2.18 bits per heavy atom. The minimum absolute atomic E-state index is 0.00544. The minimum atomic E-state index is -0.0802. The summed E-state index contributed by atoms with van der Waals surface area (Å²) in [6, 6.07) is -0.0802. The fourth-order valence-corrected chi connectivity index (χ4v) is 3.12. The summed E-state index contributed by atoms with van der Waals surface area (Å²) in [5.74, 6) is 1.82. The molecular formula is C15H19N5O2. The molecule has 22 heavy (non-hydrogen) atoms. The molecule has 1 aliphatic heterocycles. The number of rotatable bonds is 3. The highest BCUT2D eigenvalue weighted by atomic mass is 16.5. The van der Waals surface area contributed by atoms with Crippen molar-refractivity contribution in [2.75, 3.05) is 6.54 Å². The molecule has 3 heterocycles. The van der Waals surface area contributed by atoms with Crippen LogP contribution in [0.2, 0.25) is 0 Å². The van der Waals surface area contributed by atoms with Gasteiger partial charge in [-0.3, -0.25) is 9.48 Å². The summed E-state index contributed by atoms with van der Waals surface area (Å²) in [5, 5.41) is 8.37. The van der Waals surface area contributed by atoms with E-state index in [2.05, 4.69) is 15.2 Å². The average molecular weight is 301 g/mol. The van der Waals surface area contributed by atoms with Gasteiger partial charge in [0.15, 0.2) is 5.82 Å². The first-order valence-electron chi connectivity index (χ1n) is 7.78. The quantitative estimate of drug-likeness (QED) is 0.866. The number of aromatic nitrogens is 4. The van der Waals surface area contributed by atoms with Gasteiger partial charge in [-0.2, -0.15) is 10.1 Å². The van der Waals surface area contributed by atoms with Crippen LogP contribution in [0.5, 0.6) is 0 Å². The van der Waals surface area contributed by atoms with Gasteiger partial charge in [-0.25, -0.2) is 0 Å². The highest BCUT2D eigenvalue weighted by molar-refractivity contribution is 5.95. The molecule has 1 atom stereocenters. The van der Waals surface area contributed by atoms with E-state index in [0.717, 1.165) is 43.8 Å². The molecule has 7 heteroatoms. The number of likely N-dealkylation sites (tertiary alicyclic amines) is 1. The Hall–Kier alpha value is -2.18. The van der Waals surface area contributed by atoms with Crippen LogP contribution in [-0.2, 0) is 7.05 Å². The van der Waals surface area contributed by atoms with Gasteiger partial charge in [0.05, 0.1) is 17.3 Å². The highest BCUT2D eigenvalue weighted by Crippen LogP contribution is 2.40. The Balaban J connectivity index is 1.59. The van der Waals surface area contributed by atoms with E-state index in [4.69, 9.17) is 4.52 Å². The van der Waals surface area contributed by atoms with E-state index in [-0.39, 0.29) is 11.9 Å². The number of carbonyl (C=O) groups excluding carboxylic acids is 1. The van der Waals surface area contributed by atoms with Crippen LogP contribution >= 0.6 is 0 Å².